The van der Waals surface area contributed by atoms with Crippen LogP contribution in [0.1, 0.15) is 0 Å². The summed E-state index contributed by atoms with van der Waals surface area (Å²) in [6.45, 7) is 0. The van der Waals surface area contributed by atoms with Crippen molar-refractivity contribution in [2.75, 3.05) is 0 Å². The summed E-state index contributed by atoms with van der Waals surface area (Å²) in [5.41, 5.74) is 1.10. The number of benzene rings is 2. The van der Waals surface area contributed by atoms with E-state index in [2.05, 4.69) is 0 Å². The van der Waals surface area contributed by atoms with Crippen LogP contribution in [-0.2, 0) is 0 Å². The minimum absolute atomic E-state index is 0.0329. The van der Waals surface area contributed by atoms with Gasteiger partial charge in [-0.05, 0) is 18.2 Å². The van der Waals surface area contributed by atoms with E-state index >= 15 is 0 Å². The van der Waals surface area contributed by atoms with Crippen molar-refractivity contribution in [1.82, 2.24) is 0 Å². The molecule has 0 spiro atoms. The zero-order valence-electron chi connectivity index (χ0n) is 8.35. The first-order valence-corrected chi connectivity index (χ1v) is 6.14. The zero-order valence-corrected chi connectivity index (χ0v) is 11.4. The molecule has 0 amide bonds. The van der Waals surface area contributed by atoms with Crippen LogP contribution in [0.3, 0.4) is 0 Å². The summed E-state index contributed by atoms with van der Waals surface area (Å²) in [5.74, 6) is -0.0329. The minimum atomic E-state index is -0.0329. The van der Waals surface area contributed by atoms with E-state index in [1.165, 1.54) is 6.07 Å². The van der Waals surface area contributed by atoms with Crippen LogP contribution in [0, 0.1) is 0 Å². The van der Waals surface area contributed by atoms with Crippen molar-refractivity contribution < 1.29 is 5.11 Å². The molecule has 0 bridgehead atoms. The van der Waals surface area contributed by atoms with Crippen molar-refractivity contribution in [3.63, 3.8) is 0 Å². The lowest BCUT2D eigenvalue weighted by atomic mass is 10.0. The van der Waals surface area contributed by atoms with E-state index in [0.717, 1.165) is 0 Å². The van der Waals surface area contributed by atoms with Gasteiger partial charge in [-0.3, -0.25) is 0 Å². The Balaban J connectivity index is 2.69. The molecule has 0 saturated carbocycles. The fourth-order valence-corrected chi connectivity index (χ4v) is 2.28. The Hall–Kier alpha value is -0.600. The van der Waals surface area contributed by atoms with Gasteiger partial charge in [0.2, 0.25) is 0 Å². The maximum Gasteiger partial charge on any atom is 0.142 e. The molecule has 0 heterocycles. The van der Waals surface area contributed by atoms with Crippen molar-refractivity contribution in [3.05, 3.63) is 50.4 Å². The monoisotopic (exact) mass is 306 g/mol. The standard InChI is InChI=1S/C12H6Cl4O/c13-8-3-1-2-6(12(8)17)7-4-10(15)11(16)5-9(7)14/h1-5,17H. The lowest BCUT2D eigenvalue weighted by Crippen LogP contribution is -1.83. The minimum Gasteiger partial charge on any atom is -0.506 e. The molecule has 2 aromatic carbocycles. The number of halogens is 4. The van der Waals surface area contributed by atoms with Gasteiger partial charge in [0.15, 0.2) is 0 Å². The number of hydrogen-bond donors (Lipinski definition) is 1. The number of para-hydroxylation sites is 1. The van der Waals surface area contributed by atoms with Crippen molar-refractivity contribution in [3.8, 4) is 16.9 Å². The molecule has 88 valence electrons. The predicted octanol–water partition coefficient (Wildman–Crippen LogP) is 5.67. The van der Waals surface area contributed by atoms with Crippen LogP contribution >= 0.6 is 46.4 Å². The van der Waals surface area contributed by atoms with E-state index in [1.54, 1.807) is 24.3 Å². The van der Waals surface area contributed by atoms with E-state index in [1.807, 2.05) is 0 Å². The van der Waals surface area contributed by atoms with Gasteiger partial charge in [-0.1, -0.05) is 58.5 Å². The predicted molar refractivity (Wildman–Crippen MR) is 73.6 cm³/mol. The van der Waals surface area contributed by atoms with Gasteiger partial charge >= 0.3 is 0 Å². The topological polar surface area (TPSA) is 20.2 Å². The molecule has 0 atom stereocenters. The number of phenols is 1. The van der Waals surface area contributed by atoms with Crippen LogP contribution in [0.2, 0.25) is 20.1 Å². The summed E-state index contributed by atoms with van der Waals surface area (Å²) in [4.78, 5) is 0. The average molecular weight is 308 g/mol. The molecule has 1 N–H and O–H groups in total. The molecular weight excluding hydrogens is 302 g/mol. The summed E-state index contributed by atoms with van der Waals surface area (Å²) >= 11 is 23.7. The van der Waals surface area contributed by atoms with Crippen molar-refractivity contribution in [1.29, 1.82) is 0 Å². The van der Waals surface area contributed by atoms with Crippen LogP contribution in [-0.4, -0.2) is 5.11 Å². The normalized spacial score (nSPS) is 10.6. The van der Waals surface area contributed by atoms with Gasteiger partial charge < -0.3 is 5.11 Å². The first-order valence-electron chi connectivity index (χ1n) is 4.63. The third-order valence-electron chi connectivity index (χ3n) is 2.29. The van der Waals surface area contributed by atoms with Crippen molar-refractivity contribution >= 4 is 46.4 Å². The number of hydrogen-bond acceptors (Lipinski definition) is 1. The van der Waals surface area contributed by atoms with E-state index in [0.29, 0.717) is 26.2 Å². The fraction of sp³-hybridized carbons (Fsp3) is 0. The third-order valence-corrected chi connectivity index (χ3v) is 3.63. The number of aromatic hydroxyl groups is 1. The molecule has 5 heteroatoms. The summed E-state index contributed by atoms with van der Waals surface area (Å²) in [7, 11) is 0. The highest BCUT2D eigenvalue weighted by Crippen LogP contribution is 2.41. The molecule has 0 aliphatic rings. The molecule has 2 aromatic rings. The van der Waals surface area contributed by atoms with Crippen LogP contribution in [0.4, 0.5) is 0 Å². The molecule has 0 saturated heterocycles. The second-order valence-corrected chi connectivity index (χ2v) is 5.01. The highest BCUT2D eigenvalue weighted by Gasteiger charge is 2.13. The Morgan fingerprint density at radius 3 is 2.06 bits per heavy atom. The van der Waals surface area contributed by atoms with Gasteiger partial charge in [0.1, 0.15) is 5.75 Å². The van der Waals surface area contributed by atoms with Crippen LogP contribution in [0.5, 0.6) is 5.75 Å². The summed E-state index contributed by atoms with van der Waals surface area (Å²) in [5, 5.41) is 11.3. The van der Waals surface area contributed by atoms with Gasteiger partial charge in [-0.15, -0.1) is 0 Å². The highest BCUT2D eigenvalue weighted by molar-refractivity contribution is 6.44. The summed E-state index contributed by atoms with van der Waals surface area (Å²) in [6.07, 6.45) is 0. The molecular formula is C12H6Cl4O. The van der Waals surface area contributed by atoms with Gasteiger partial charge in [-0.25, -0.2) is 0 Å². The first kappa shape index (κ1) is 12.8. The molecule has 1 nitrogen and oxygen atoms in total. The average Bonchev–Trinajstić information content (AvgIpc) is 2.28. The third kappa shape index (κ3) is 2.48. The largest absolute Gasteiger partial charge is 0.506 e. The molecule has 0 aromatic heterocycles. The molecule has 0 fully saturated rings. The molecule has 0 aliphatic carbocycles. The Bertz CT molecular complexity index is 581. The first-order chi connectivity index (χ1) is 8.00. The fourth-order valence-electron chi connectivity index (χ4n) is 1.46. The number of rotatable bonds is 1. The van der Waals surface area contributed by atoms with E-state index in [4.69, 9.17) is 46.4 Å². The molecule has 0 unspecified atom stereocenters. The quantitative estimate of drug-likeness (QED) is 0.673. The maximum atomic E-state index is 9.87. The van der Waals surface area contributed by atoms with Crippen LogP contribution < -0.4 is 0 Å². The van der Waals surface area contributed by atoms with E-state index < -0.39 is 0 Å². The molecule has 17 heavy (non-hydrogen) atoms. The Kier molecular flexibility index (Phi) is 3.74. The lowest BCUT2D eigenvalue weighted by Gasteiger charge is -2.09. The summed E-state index contributed by atoms with van der Waals surface area (Å²) < 4.78 is 0. The Morgan fingerprint density at radius 1 is 0.706 bits per heavy atom. The highest BCUT2D eigenvalue weighted by atomic mass is 35.5. The van der Waals surface area contributed by atoms with Crippen molar-refractivity contribution in [2.45, 2.75) is 0 Å². The summed E-state index contributed by atoms with van der Waals surface area (Å²) in [6, 6.07) is 8.13. The van der Waals surface area contributed by atoms with Gasteiger partial charge in [-0.2, -0.15) is 0 Å². The van der Waals surface area contributed by atoms with Crippen LogP contribution in [0.25, 0.3) is 11.1 Å². The lowest BCUT2D eigenvalue weighted by molar-refractivity contribution is 0.477. The second-order valence-electron chi connectivity index (χ2n) is 3.38. The zero-order chi connectivity index (χ0) is 12.6. The SMILES string of the molecule is Oc1c(Cl)cccc1-c1cc(Cl)c(Cl)cc1Cl. The van der Waals surface area contributed by atoms with E-state index in [9.17, 15) is 5.11 Å². The molecule has 0 aliphatic heterocycles. The van der Waals surface area contributed by atoms with Crippen molar-refractivity contribution in [2.24, 2.45) is 0 Å². The van der Waals surface area contributed by atoms with E-state index in [-0.39, 0.29) is 10.8 Å². The van der Waals surface area contributed by atoms with Gasteiger partial charge in [0.25, 0.3) is 0 Å². The van der Waals surface area contributed by atoms with Gasteiger partial charge in [0.05, 0.1) is 20.1 Å². The second kappa shape index (κ2) is 4.95. The maximum absolute atomic E-state index is 9.87. The molecule has 2 rings (SSSR count). The smallest absolute Gasteiger partial charge is 0.142 e. The molecule has 0 radical (unpaired) electrons. The van der Waals surface area contributed by atoms with Crippen LogP contribution in [0.15, 0.2) is 30.3 Å². The number of phenolic OH excluding ortho intramolecular Hbond substituents is 1. The Morgan fingerprint density at radius 2 is 1.35 bits per heavy atom. The van der Waals surface area contributed by atoms with Gasteiger partial charge in [0, 0.05) is 11.1 Å². The Labute approximate surface area is 118 Å².